The minimum absolute atomic E-state index is 0. The molecule has 0 unspecified atom stereocenters. The van der Waals surface area contributed by atoms with Crippen LogP contribution in [0.2, 0.25) is 0 Å². The fraction of sp³-hybridized carbons (Fsp3) is 0.409. The Morgan fingerprint density at radius 1 is 0.933 bits per heavy atom. The third-order valence-corrected chi connectivity index (χ3v) is 5.16. The number of piperazine rings is 1. The molecule has 0 spiro atoms. The van der Waals surface area contributed by atoms with Crippen molar-refractivity contribution >= 4 is 29.9 Å². The number of rotatable bonds is 6. The first kappa shape index (κ1) is 24.5. The highest BCUT2D eigenvalue weighted by molar-refractivity contribution is 14.0. The molecule has 0 amide bonds. The van der Waals surface area contributed by atoms with Gasteiger partial charge in [-0.05, 0) is 36.4 Å². The second kappa shape index (κ2) is 12.2. The van der Waals surface area contributed by atoms with E-state index in [4.69, 9.17) is 0 Å². The van der Waals surface area contributed by atoms with Gasteiger partial charge in [0.2, 0.25) is 0 Å². The Balaban J connectivity index is 0.00000320. The molecule has 1 aliphatic rings. The van der Waals surface area contributed by atoms with E-state index in [1.807, 2.05) is 0 Å². The van der Waals surface area contributed by atoms with Gasteiger partial charge in [0.25, 0.3) is 0 Å². The lowest BCUT2D eigenvalue weighted by atomic mass is 10.1. The third kappa shape index (κ3) is 7.48. The molecule has 0 bridgehead atoms. The zero-order valence-corrected chi connectivity index (χ0v) is 19.8. The van der Waals surface area contributed by atoms with Gasteiger partial charge in [-0.25, -0.2) is 8.78 Å². The molecule has 8 heteroatoms. The number of hydrogen-bond donors (Lipinski definition) is 2. The Labute approximate surface area is 194 Å². The van der Waals surface area contributed by atoms with Gasteiger partial charge >= 0.3 is 0 Å². The van der Waals surface area contributed by atoms with Crippen LogP contribution in [0.1, 0.15) is 16.7 Å². The number of guanidine groups is 1. The van der Waals surface area contributed by atoms with Crippen molar-refractivity contribution in [2.24, 2.45) is 4.99 Å². The molecule has 0 aliphatic carbocycles. The van der Waals surface area contributed by atoms with Gasteiger partial charge in [0.05, 0.1) is 0 Å². The quantitative estimate of drug-likeness (QED) is 0.343. The summed E-state index contributed by atoms with van der Waals surface area (Å²) in [7, 11) is 3.81. The van der Waals surface area contributed by atoms with Gasteiger partial charge < -0.3 is 15.5 Å². The molecule has 164 valence electrons. The van der Waals surface area contributed by atoms with Gasteiger partial charge in [0.1, 0.15) is 11.6 Å². The number of benzene rings is 2. The molecule has 3 rings (SSSR count). The van der Waals surface area contributed by atoms with Crippen LogP contribution in [0.4, 0.5) is 8.78 Å². The number of hydrogen-bond acceptors (Lipinski definition) is 3. The normalized spacial score (nSPS) is 15.5. The average Bonchev–Trinajstić information content (AvgIpc) is 2.73. The summed E-state index contributed by atoms with van der Waals surface area (Å²) in [5.74, 6) is -0.358. The van der Waals surface area contributed by atoms with Crippen molar-refractivity contribution in [2.75, 3.05) is 40.3 Å². The summed E-state index contributed by atoms with van der Waals surface area (Å²) in [5, 5.41) is 6.22. The first-order valence-corrected chi connectivity index (χ1v) is 9.90. The van der Waals surface area contributed by atoms with Gasteiger partial charge in [-0.3, -0.25) is 9.89 Å². The minimum atomic E-state index is -0.456. The van der Waals surface area contributed by atoms with Crippen molar-refractivity contribution in [1.82, 2.24) is 20.4 Å². The molecule has 1 saturated heterocycles. The lowest BCUT2D eigenvalue weighted by molar-refractivity contribution is 0.148. The van der Waals surface area contributed by atoms with Crippen LogP contribution >= 0.6 is 24.0 Å². The Morgan fingerprint density at radius 2 is 1.57 bits per heavy atom. The van der Waals surface area contributed by atoms with Crippen molar-refractivity contribution < 1.29 is 8.78 Å². The highest BCUT2D eigenvalue weighted by Gasteiger charge is 2.13. The van der Waals surface area contributed by atoms with Gasteiger partial charge in [0, 0.05) is 58.4 Å². The fourth-order valence-corrected chi connectivity index (χ4v) is 3.29. The molecule has 2 N–H and O–H groups in total. The molecule has 0 radical (unpaired) electrons. The van der Waals surface area contributed by atoms with Crippen LogP contribution in [0.5, 0.6) is 0 Å². The summed E-state index contributed by atoms with van der Waals surface area (Å²) in [4.78, 5) is 8.97. The largest absolute Gasteiger partial charge is 0.352 e. The van der Waals surface area contributed by atoms with Crippen LogP contribution < -0.4 is 10.6 Å². The van der Waals surface area contributed by atoms with Crippen LogP contribution in [-0.4, -0.2) is 56.0 Å². The zero-order valence-electron chi connectivity index (χ0n) is 17.5. The summed E-state index contributed by atoms with van der Waals surface area (Å²) in [6.45, 7) is 6.18. The monoisotopic (exact) mass is 529 g/mol. The van der Waals surface area contributed by atoms with E-state index in [0.29, 0.717) is 12.5 Å². The summed E-state index contributed by atoms with van der Waals surface area (Å²) in [5.41, 5.74) is 2.70. The molecule has 2 aromatic rings. The van der Waals surface area contributed by atoms with Crippen molar-refractivity contribution in [2.45, 2.75) is 19.6 Å². The van der Waals surface area contributed by atoms with Crippen LogP contribution in [0.3, 0.4) is 0 Å². The van der Waals surface area contributed by atoms with Crippen molar-refractivity contribution in [3.05, 3.63) is 70.8 Å². The molecule has 0 aromatic heterocycles. The van der Waals surface area contributed by atoms with E-state index >= 15 is 0 Å². The summed E-state index contributed by atoms with van der Waals surface area (Å²) in [6.07, 6.45) is 0. The maximum Gasteiger partial charge on any atom is 0.191 e. The Kier molecular flexibility index (Phi) is 9.93. The predicted molar refractivity (Wildman–Crippen MR) is 128 cm³/mol. The summed E-state index contributed by atoms with van der Waals surface area (Å²) in [6, 6.07) is 12.0. The molecule has 1 fully saturated rings. The van der Waals surface area contributed by atoms with Gasteiger partial charge in [0.15, 0.2) is 5.96 Å². The first-order valence-electron chi connectivity index (χ1n) is 9.90. The third-order valence-electron chi connectivity index (χ3n) is 5.16. The van der Waals surface area contributed by atoms with Gasteiger partial charge in [-0.2, -0.15) is 0 Å². The predicted octanol–water partition coefficient (Wildman–Crippen LogP) is 3.20. The smallest absolute Gasteiger partial charge is 0.191 e. The molecule has 0 atom stereocenters. The van der Waals surface area contributed by atoms with Crippen LogP contribution in [0, 0.1) is 11.6 Å². The van der Waals surface area contributed by atoms with E-state index in [1.54, 1.807) is 7.05 Å². The Morgan fingerprint density at radius 3 is 2.23 bits per heavy atom. The highest BCUT2D eigenvalue weighted by Crippen LogP contribution is 2.11. The van der Waals surface area contributed by atoms with Crippen molar-refractivity contribution in [3.63, 3.8) is 0 Å². The number of likely N-dealkylation sites (N-methyl/N-ethyl adjacent to an activating group) is 1. The maximum atomic E-state index is 13.7. The molecular formula is C22H30F2IN5. The van der Waals surface area contributed by atoms with Crippen LogP contribution in [-0.2, 0) is 19.6 Å². The van der Waals surface area contributed by atoms with E-state index in [1.165, 1.54) is 11.6 Å². The molecule has 30 heavy (non-hydrogen) atoms. The number of nitrogens with one attached hydrogen (secondary N) is 2. The molecule has 1 aliphatic heterocycles. The number of aliphatic imine (C=N–C) groups is 1. The second-order valence-electron chi connectivity index (χ2n) is 7.41. The highest BCUT2D eigenvalue weighted by atomic mass is 127. The maximum absolute atomic E-state index is 13.7. The van der Waals surface area contributed by atoms with Crippen molar-refractivity contribution in [1.29, 1.82) is 0 Å². The molecule has 1 heterocycles. The van der Waals surface area contributed by atoms with E-state index in [2.05, 4.69) is 56.7 Å². The molecule has 5 nitrogen and oxygen atoms in total. The Hall–Kier alpha value is -1.78. The van der Waals surface area contributed by atoms with E-state index in [9.17, 15) is 8.78 Å². The number of nitrogens with zero attached hydrogens (tertiary/aromatic N) is 3. The first-order chi connectivity index (χ1) is 14.0. The summed E-state index contributed by atoms with van der Waals surface area (Å²) < 4.78 is 27.0. The second-order valence-corrected chi connectivity index (χ2v) is 7.41. The zero-order chi connectivity index (χ0) is 20.6. The Bertz CT molecular complexity index is 821. The van der Waals surface area contributed by atoms with Crippen LogP contribution in [0.25, 0.3) is 0 Å². The topological polar surface area (TPSA) is 42.9 Å². The lowest BCUT2D eigenvalue weighted by Crippen LogP contribution is -2.43. The minimum Gasteiger partial charge on any atom is -0.352 e. The average molecular weight is 529 g/mol. The van der Waals surface area contributed by atoms with Crippen molar-refractivity contribution in [3.8, 4) is 0 Å². The lowest BCUT2D eigenvalue weighted by Gasteiger charge is -2.32. The fourth-order valence-electron chi connectivity index (χ4n) is 3.29. The van der Waals surface area contributed by atoms with E-state index in [0.717, 1.165) is 50.4 Å². The summed E-state index contributed by atoms with van der Waals surface area (Å²) >= 11 is 0. The van der Waals surface area contributed by atoms with E-state index in [-0.39, 0.29) is 36.1 Å². The molecule has 2 aromatic carbocycles. The SMILES string of the molecule is CN=C(NCc1ccc(CN2CCN(C)CC2)cc1)NCc1cc(F)ccc1F.I. The van der Waals surface area contributed by atoms with E-state index < -0.39 is 11.6 Å². The van der Waals surface area contributed by atoms with Gasteiger partial charge in [-0.15, -0.1) is 24.0 Å². The standard InChI is InChI=1S/C22H29F2N5.HI/c1-25-22(27-15-19-13-20(23)7-8-21(19)24)26-14-17-3-5-18(6-4-17)16-29-11-9-28(2)10-12-29;/h3-8,13H,9-12,14-16H2,1-2H3,(H2,25,26,27);1H. The molecular weight excluding hydrogens is 499 g/mol. The van der Waals surface area contributed by atoms with Gasteiger partial charge in [-0.1, -0.05) is 24.3 Å². The van der Waals surface area contributed by atoms with Crippen LogP contribution in [0.15, 0.2) is 47.5 Å². The molecule has 0 saturated carbocycles. The number of halogens is 3.